The fourth-order valence-corrected chi connectivity index (χ4v) is 3.03. The summed E-state index contributed by atoms with van der Waals surface area (Å²) in [6.07, 6.45) is 3.10. The highest BCUT2D eigenvalue weighted by atomic mass is 28.3. The molecule has 0 fully saturated rings. The van der Waals surface area contributed by atoms with E-state index < -0.39 is 13.7 Å². The monoisotopic (exact) mass is 274 g/mol. The molecule has 0 aliphatic rings. The predicted molar refractivity (Wildman–Crippen MR) is 86.3 cm³/mol. The molecule has 0 amide bonds. The Morgan fingerprint density at radius 3 is 2.21 bits per heavy atom. The van der Waals surface area contributed by atoms with Crippen molar-refractivity contribution in [3.05, 3.63) is 29.8 Å². The number of benzene rings is 1. The van der Waals surface area contributed by atoms with Crippen LogP contribution in [0.15, 0.2) is 24.3 Å². The van der Waals surface area contributed by atoms with Crippen LogP contribution in [0.3, 0.4) is 0 Å². The van der Waals surface area contributed by atoms with Crippen LogP contribution < -0.4 is 5.19 Å². The van der Waals surface area contributed by atoms with Gasteiger partial charge in [-0.25, -0.2) is 0 Å². The quantitative estimate of drug-likeness (QED) is 0.505. The molecule has 1 aromatic carbocycles. The van der Waals surface area contributed by atoms with Gasteiger partial charge < -0.3 is 5.11 Å². The first-order valence-electron chi connectivity index (χ1n) is 7.11. The zero-order valence-electron chi connectivity index (χ0n) is 12.9. The Morgan fingerprint density at radius 2 is 1.74 bits per heavy atom. The molecule has 0 aliphatic carbocycles. The molecule has 0 saturated heterocycles. The normalized spacial score (nSPS) is 14.4. The number of hydrogen-bond donors (Lipinski definition) is 1. The van der Waals surface area contributed by atoms with Crippen LogP contribution in [0.25, 0.3) is 0 Å². The molecule has 1 atom stereocenters. The van der Waals surface area contributed by atoms with Gasteiger partial charge in [-0.1, -0.05) is 74.3 Å². The van der Waals surface area contributed by atoms with E-state index in [1.54, 1.807) is 6.92 Å². The Labute approximate surface area is 119 Å². The van der Waals surface area contributed by atoms with Crippen molar-refractivity contribution >= 4 is 13.3 Å². The summed E-state index contributed by atoms with van der Waals surface area (Å²) in [5.74, 6) is 6.06. The van der Waals surface area contributed by atoms with Crippen molar-refractivity contribution in [1.29, 1.82) is 0 Å². The van der Waals surface area contributed by atoms with Crippen LogP contribution in [0.1, 0.15) is 38.7 Å². The maximum atomic E-state index is 10.4. The summed E-state index contributed by atoms with van der Waals surface area (Å²) in [6, 6.07) is 8.32. The van der Waals surface area contributed by atoms with Crippen LogP contribution in [0, 0.1) is 11.8 Å². The van der Waals surface area contributed by atoms with Crippen LogP contribution in [0.4, 0.5) is 0 Å². The molecule has 2 heteroatoms. The fourth-order valence-electron chi connectivity index (χ4n) is 1.87. The van der Waals surface area contributed by atoms with E-state index in [9.17, 15) is 5.11 Å². The molecule has 1 nitrogen and oxygen atoms in total. The smallest absolute Gasteiger partial charge is 0.148 e. The highest BCUT2D eigenvalue weighted by molar-refractivity contribution is 6.88. The van der Waals surface area contributed by atoms with Crippen molar-refractivity contribution in [3.8, 4) is 11.8 Å². The molecule has 19 heavy (non-hydrogen) atoms. The van der Waals surface area contributed by atoms with Gasteiger partial charge in [-0.15, -0.1) is 0 Å². The zero-order valence-corrected chi connectivity index (χ0v) is 13.9. The Morgan fingerprint density at radius 1 is 1.16 bits per heavy atom. The second-order valence-corrected chi connectivity index (χ2v) is 11.4. The van der Waals surface area contributed by atoms with Crippen molar-refractivity contribution in [3.63, 3.8) is 0 Å². The van der Waals surface area contributed by atoms with E-state index in [0.717, 1.165) is 24.8 Å². The van der Waals surface area contributed by atoms with Crippen molar-refractivity contribution in [2.24, 2.45) is 0 Å². The van der Waals surface area contributed by atoms with E-state index in [4.69, 9.17) is 0 Å². The maximum Gasteiger partial charge on any atom is 0.148 e. The molecule has 1 N–H and O–H groups in total. The summed E-state index contributed by atoms with van der Waals surface area (Å²) in [6.45, 7) is 10.9. The van der Waals surface area contributed by atoms with Crippen LogP contribution >= 0.6 is 0 Å². The first-order chi connectivity index (χ1) is 8.77. The number of hydrogen-bond acceptors (Lipinski definition) is 1. The zero-order chi connectivity index (χ0) is 14.5. The van der Waals surface area contributed by atoms with Crippen molar-refractivity contribution in [2.45, 2.75) is 58.4 Å². The van der Waals surface area contributed by atoms with Crippen LogP contribution in [0.5, 0.6) is 0 Å². The highest BCUT2D eigenvalue weighted by Crippen LogP contribution is 2.19. The third kappa shape index (κ3) is 4.85. The second kappa shape index (κ2) is 6.41. The van der Waals surface area contributed by atoms with E-state index in [2.05, 4.69) is 50.5 Å². The molecule has 0 saturated carbocycles. The van der Waals surface area contributed by atoms with Gasteiger partial charge in [-0.05, 0) is 18.9 Å². The Bertz CT molecular complexity index is 455. The molecule has 1 aromatic rings. The molecule has 0 bridgehead atoms. The molecule has 1 unspecified atom stereocenters. The minimum Gasteiger partial charge on any atom is -0.374 e. The predicted octanol–water partition coefficient (Wildman–Crippen LogP) is 3.63. The Balaban J connectivity index is 2.86. The molecule has 0 aliphatic heterocycles. The van der Waals surface area contributed by atoms with Crippen LogP contribution in [0.2, 0.25) is 19.6 Å². The van der Waals surface area contributed by atoms with Crippen molar-refractivity contribution in [1.82, 2.24) is 0 Å². The number of unbranched alkanes of at least 4 members (excludes halogenated alkanes) is 2. The Kier molecular flexibility index (Phi) is 5.40. The van der Waals surface area contributed by atoms with E-state index >= 15 is 0 Å². The van der Waals surface area contributed by atoms with Crippen LogP contribution in [-0.4, -0.2) is 13.2 Å². The SMILES string of the molecule is CCCCC#CC(C)(O)c1ccc([Si](C)(C)C)cc1. The lowest BCUT2D eigenvalue weighted by Gasteiger charge is -2.20. The lowest BCUT2D eigenvalue weighted by Crippen LogP contribution is -2.37. The first kappa shape index (κ1) is 16.0. The average Bonchev–Trinajstić information content (AvgIpc) is 2.34. The third-order valence-corrected chi connectivity index (χ3v) is 5.37. The Hall–Kier alpha value is -1.04. The van der Waals surface area contributed by atoms with Gasteiger partial charge in [0, 0.05) is 6.42 Å². The number of aliphatic hydroxyl groups is 1. The van der Waals surface area contributed by atoms with Gasteiger partial charge in [0.1, 0.15) is 5.60 Å². The van der Waals surface area contributed by atoms with Crippen molar-refractivity contribution < 1.29 is 5.11 Å². The second-order valence-electron chi connectivity index (χ2n) is 6.30. The molecule has 104 valence electrons. The lowest BCUT2D eigenvalue weighted by molar-refractivity contribution is 0.122. The van der Waals surface area contributed by atoms with Gasteiger partial charge in [-0.3, -0.25) is 0 Å². The summed E-state index contributed by atoms with van der Waals surface area (Å²) in [7, 11) is -1.27. The van der Waals surface area contributed by atoms with Crippen molar-refractivity contribution in [2.75, 3.05) is 0 Å². The van der Waals surface area contributed by atoms with Gasteiger partial charge in [0.15, 0.2) is 0 Å². The van der Waals surface area contributed by atoms with Gasteiger partial charge >= 0.3 is 0 Å². The summed E-state index contributed by atoms with van der Waals surface area (Å²) in [5.41, 5.74) is -0.149. The van der Waals surface area contributed by atoms with E-state index in [0.29, 0.717) is 0 Å². The maximum absolute atomic E-state index is 10.4. The van der Waals surface area contributed by atoms with Crippen LogP contribution in [-0.2, 0) is 5.60 Å². The standard InChI is InChI=1S/C17H26OSi/c1-6-7-8-9-14-17(2,18)15-10-12-16(13-11-15)19(3,4)5/h10-13,18H,6-8H2,1-5H3. The molecular formula is C17H26OSi. The van der Waals surface area contributed by atoms with Gasteiger partial charge in [-0.2, -0.15) is 0 Å². The van der Waals surface area contributed by atoms with Gasteiger partial charge in [0.05, 0.1) is 8.07 Å². The van der Waals surface area contributed by atoms with Gasteiger partial charge in [0.2, 0.25) is 0 Å². The summed E-state index contributed by atoms with van der Waals surface area (Å²) >= 11 is 0. The summed E-state index contributed by atoms with van der Waals surface area (Å²) < 4.78 is 0. The molecule has 0 aromatic heterocycles. The molecular weight excluding hydrogens is 248 g/mol. The van der Waals surface area contributed by atoms with E-state index in [-0.39, 0.29) is 0 Å². The minimum atomic E-state index is -1.27. The largest absolute Gasteiger partial charge is 0.374 e. The molecule has 0 radical (unpaired) electrons. The van der Waals surface area contributed by atoms with E-state index in [1.165, 1.54) is 5.19 Å². The molecule has 0 heterocycles. The lowest BCUT2D eigenvalue weighted by atomic mass is 9.96. The average molecular weight is 274 g/mol. The van der Waals surface area contributed by atoms with E-state index in [1.807, 2.05) is 12.1 Å². The topological polar surface area (TPSA) is 20.2 Å². The summed E-state index contributed by atoms with van der Waals surface area (Å²) in [4.78, 5) is 0. The first-order valence-corrected chi connectivity index (χ1v) is 10.6. The third-order valence-electron chi connectivity index (χ3n) is 3.30. The van der Waals surface area contributed by atoms with Gasteiger partial charge in [0.25, 0.3) is 0 Å². The highest BCUT2D eigenvalue weighted by Gasteiger charge is 2.21. The molecule has 0 spiro atoms. The summed E-state index contributed by atoms with van der Waals surface area (Å²) in [5, 5.41) is 11.8. The minimum absolute atomic E-state index is 0.861. The number of rotatable bonds is 4. The fraction of sp³-hybridized carbons (Fsp3) is 0.529. The molecule has 1 rings (SSSR count).